The lowest BCUT2D eigenvalue weighted by molar-refractivity contribution is 0.0732. The highest BCUT2D eigenvalue weighted by atomic mass is 16.5. The highest BCUT2D eigenvalue weighted by molar-refractivity contribution is 5.89. The first-order chi connectivity index (χ1) is 11.1. The first-order valence-electron chi connectivity index (χ1n) is 7.90. The summed E-state index contributed by atoms with van der Waals surface area (Å²) in [4.78, 5) is 15.2. The number of aliphatic imine (C=N–C) groups is 1. The Kier molecular flexibility index (Phi) is 6.04. The van der Waals surface area contributed by atoms with Gasteiger partial charge in [-0.15, -0.1) is 0 Å². The minimum absolute atomic E-state index is 0.165. The number of primary amides is 1. The van der Waals surface area contributed by atoms with E-state index in [-0.39, 0.29) is 5.76 Å². The molecule has 1 aromatic rings. The maximum atomic E-state index is 11.0. The maximum Gasteiger partial charge on any atom is 0.284 e. The Morgan fingerprint density at radius 1 is 1.43 bits per heavy atom. The molecule has 0 saturated heterocycles. The topological polar surface area (TPSA) is 102 Å². The number of rotatable bonds is 8. The third kappa shape index (κ3) is 4.72. The molecule has 1 heterocycles. The standard InChI is InChI=1S/C16H26N4O3/c1-18-15(19-10-12-4-5-13(23-12)14(17)21)20-11-16(6-3-7-16)8-9-22-2/h4-5H,3,6-11H2,1-2H3,(H2,17,21)(H2,18,19,20). The molecule has 23 heavy (non-hydrogen) atoms. The Morgan fingerprint density at radius 3 is 2.74 bits per heavy atom. The summed E-state index contributed by atoms with van der Waals surface area (Å²) < 4.78 is 10.5. The fraction of sp³-hybridized carbons (Fsp3) is 0.625. The van der Waals surface area contributed by atoms with Gasteiger partial charge in [0.15, 0.2) is 11.7 Å². The van der Waals surface area contributed by atoms with Crippen LogP contribution in [0.25, 0.3) is 0 Å². The van der Waals surface area contributed by atoms with Gasteiger partial charge in [0.1, 0.15) is 5.76 Å². The maximum absolute atomic E-state index is 11.0. The van der Waals surface area contributed by atoms with Gasteiger partial charge in [-0.2, -0.15) is 0 Å². The molecule has 128 valence electrons. The fourth-order valence-corrected chi connectivity index (χ4v) is 2.78. The van der Waals surface area contributed by atoms with Gasteiger partial charge in [0.2, 0.25) is 0 Å². The molecule has 4 N–H and O–H groups in total. The number of carbonyl (C=O) groups is 1. The summed E-state index contributed by atoms with van der Waals surface area (Å²) in [6.45, 7) is 2.11. The first kappa shape index (κ1) is 17.3. The van der Waals surface area contributed by atoms with Gasteiger partial charge in [0.25, 0.3) is 5.91 Å². The molecule has 1 fully saturated rings. The summed E-state index contributed by atoms with van der Waals surface area (Å²) in [5, 5.41) is 6.55. The van der Waals surface area contributed by atoms with Gasteiger partial charge in [-0.1, -0.05) is 6.42 Å². The lowest BCUT2D eigenvalue weighted by atomic mass is 9.67. The van der Waals surface area contributed by atoms with E-state index in [0.29, 0.717) is 23.7 Å². The Hall–Kier alpha value is -2.02. The van der Waals surface area contributed by atoms with Crippen LogP contribution < -0.4 is 16.4 Å². The van der Waals surface area contributed by atoms with Gasteiger partial charge in [0.05, 0.1) is 6.54 Å². The summed E-state index contributed by atoms with van der Waals surface area (Å²) in [6.07, 6.45) is 4.79. The zero-order valence-electron chi connectivity index (χ0n) is 13.9. The van der Waals surface area contributed by atoms with Crippen molar-refractivity contribution in [2.75, 3.05) is 27.3 Å². The molecular formula is C16H26N4O3. The fourth-order valence-electron chi connectivity index (χ4n) is 2.78. The molecular weight excluding hydrogens is 296 g/mol. The van der Waals surface area contributed by atoms with Crippen LogP contribution in [0.1, 0.15) is 42.0 Å². The Bertz CT molecular complexity index is 549. The second-order valence-electron chi connectivity index (χ2n) is 6.01. The average Bonchev–Trinajstić information content (AvgIpc) is 2.98. The van der Waals surface area contributed by atoms with E-state index in [2.05, 4.69) is 15.6 Å². The molecule has 7 nitrogen and oxygen atoms in total. The van der Waals surface area contributed by atoms with Crippen molar-refractivity contribution < 1.29 is 13.9 Å². The predicted octanol–water partition coefficient (Wildman–Crippen LogP) is 1.25. The van der Waals surface area contributed by atoms with Crippen molar-refractivity contribution >= 4 is 11.9 Å². The molecule has 0 aliphatic heterocycles. The summed E-state index contributed by atoms with van der Waals surface area (Å²) in [7, 11) is 3.47. The smallest absolute Gasteiger partial charge is 0.284 e. The lowest BCUT2D eigenvalue weighted by Crippen LogP contribution is -2.46. The molecule has 0 unspecified atom stereocenters. The van der Waals surface area contributed by atoms with E-state index in [1.807, 2.05) is 0 Å². The Labute approximate surface area is 136 Å². The van der Waals surface area contributed by atoms with Crippen LogP contribution in [0.3, 0.4) is 0 Å². The largest absolute Gasteiger partial charge is 0.454 e. The molecule has 0 bridgehead atoms. The number of nitrogens with two attached hydrogens (primary N) is 1. The van der Waals surface area contributed by atoms with Crippen LogP contribution in [0, 0.1) is 5.41 Å². The number of ether oxygens (including phenoxy) is 1. The minimum Gasteiger partial charge on any atom is -0.454 e. The summed E-state index contributed by atoms with van der Waals surface area (Å²) in [6, 6.07) is 3.30. The SMILES string of the molecule is CN=C(NCc1ccc(C(N)=O)o1)NCC1(CCOC)CCC1. The highest BCUT2D eigenvalue weighted by Crippen LogP contribution is 2.43. The molecule has 0 radical (unpaired) electrons. The van der Waals surface area contributed by atoms with E-state index >= 15 is 0 Å². The number of carbonyl (C=O) groups excluding carboxylic acids is 1. The number of hydrogen-bond donors (Lipinski definition) is 3. The zero-order valence-corrected chi connectivity index (χ0v) is 13.9. The third-order valence-electron chi connectivity index (χ3n) is 4.44. The van der Waals surface area contributed by atoms with Crippen LogP contribution in [0.5, 0.6) is 0 Å². The van der Waals surface area contributed by atoms with Gasteiger partial charge in [-0.3, -0.25) is 9.79 Å². The number of amides is 1. The normalized spacial score (nSPS) is 16.7. The zero-order chi connectivity index (χ0) is 16.7. The van der Waals surface area contributed by atoms with Crippen molar-refractivity contribution in [1.82, 2.24) is 10.6 Å². The molecule has 2 rings (SSSR count). The molecule has 0 atom stereocenters. The van der Waals surface area contributed by atoms with E-state index in [1.54, 1.807) is 26.3 Å². The molecule has 0 spiro atoms. The van der Waals surface area contributed by atoms with Crippen molar-refractivity contribution in [3.63, 3.8) is 0 Å². The van der Waals surface area contributed by atoms with Crippen molar-refractivity contribution in [2.24, 2.45) is 16.1 Å². The number of nitrogens with zero attached hydrogens (tertiary/aromatic N) is 1. The van der Waals surface area contributed by atoms with E-state index in [0.717, 1.165) is 19.6 Å². The molecule has 1 saturated carbocycles. The second kappa shape index (κ2) is 8.01. The van der Waals surface area contributed by atoms with Gasteiger partial charge in [-0.25, -0.2) is 0 Å². The lowest BCUT2D eigenvalue weighted by Gasteiger charge is -2.42. The van der Waals surface area contributed by atoms with Crippen molar-refractivity contribution in [3.05, 3.63) is 23.7 Å². The first-order valence-corrected chi connectivity index (χ1v) is 7.90. The number of furan rings is 1. The number of nitrogens with one attached hydrogen (secondary N) is 2. The van der Waals surface area contributed by atoms with Gasteiger partial charge < -0.3 is 25.5 Å². The van der Waals surface area contributed by atoms with E-state index < -0.39 is 5.91 Å². The number of guanidine groups is 1. The second-order valence-corrected chi connectivity index (χ2v) is 6.01. The van der Waals surface area contributed by atoms with Crippen LogP contribution >= 0.6 is 0 Å². The van der Waals surface area contributed by atoms with Crippen LogP contribution in [0.2, 0.25) is 0 Å². The summed E-state index contributed by atoms with van der Waals surface area (Å²) >= 11 is 0. The van der Waals surface area contributed by atoms with Crippen LogP contribution in [-0.2, 0) is 11.3 Å². The van der Waals surface area contributed by atoms with Crippen molar-refractivity contribution in [1.29, 1.82) is 0 Å². The number of hydrogen-bond acceptors (Lipinski definition) is 4. The third-order valence-corrected chi connectivity index (χ3v) is 4.44. The number of methoxy groups -OCH3 is 1. The van der Waals surface area contributed by atoms with Gasteiger partial charge in [0, 0.05) is 27.3 Å². The molecule has 1 aliphatic rings. The Morgan fingerprint density at radius 2 is 2.22 bits per heavy atom. The van der Waals surface area contributed by atoms with Crippen molar-refractivity contribution in [3.8, 4) is 0 Å². The summed E-state index contributed by atoms with van der Waals surface area (Å²) in [5.74, 6) is 0.951. The molecule has 0 aromatic carbocycles. The summed E-state index contributed by atoms with van der Waals surface area (Å²) in [5.41, 5.74) is 5.48. The van der Waals surface area contributed by atoms with Gasteiger partial charge >= 0.3 is 0 Å². The molecule has 1 aromatic heterocycles. The molecule has 1 amide bonds. The van der Waals surface area contributed by atoms with Gasteiger partial charge in [-0.05, 0) is 36.8 Å². The van der Waals surface area contributed by atoms with E-state index in [4.69, 9.17) is 14.9 Å². The molecule has 1 aliphatic carbocycles. The molecule has 7 heteroatoms. The van der Waals surface area contributed by atoms with E-state index in [1.165, 1.54) is 19.3 Å². The Balaban J connectivity index is 1.79. The quantitative estimate of drug-likeness (QED) is 0.494. The van der Waals surface area contributed by atoms with E-state index in [9.17, 15) is 4.79 Å². The average molecular weight is 322 g/mol. The minimum atomic E-state index is -0.566. The van der Waals surface area contributed by atoms with Crippen molar-refractivity contribution in [2.45, 2.75) is 32.2 Å². The predicted molar refractivity (Wildman–Crippen MR) is 88.2 cm³/mol. The van der Waals surface area contributed by atoms with Crippen LogP contribution in [0.4, 0.5) is 0 Å². The monoisotopic (exact) mass is 322 g/mol. The van der Waals surface area contributed by atoms with Crippen LogP contribution in [-0.4, -0.2) is 39.2 Å². The van der Waals surface area contributed by atoms with Crippen LogP contribution in [0.15, 0.2) is 21.5 Å². The highest BCUT2D eigenvalue weighted by Gasteiger charge is 2.36.